The normalized spacial score (nSPS) is 29.7. The topological polar surface area (TPSA) is 32.8 Å². The van der Waals surface area contributed by atoms with E-state index in [-0.39, 0.29) is 18.1 Å². The number of ether oxygens (including phenoxy) is 1. The van der Waals surface area contributed by atoms with Crippen LogP contribution in [0.1, 0.15) is 37.0 Å². The predicted molar refractivity (Wildman–Crippen MR) is 86.9 cm³/mol. The third kappa shape index (κ3) is 3.50. The van der Waals surface area contributed by atoms with Gasteiger partial charge in [-0.05, 0) is 38.8 Å². The first-order valence-electron chi connectivity index (χ1n) is 8.37. The molecule has 0 bridgehead atoms. The summed E-state index contributed by atoms with van der Waals surface area (Å²) < 4.78 is 5.80. The van der Waals surface area contributed by atoms with Crippen molar-refractivity contribution in [1.29, 1.82) is 0 Å². The van der Waals surface area contributed by atoms with E-state index >= 15 is 0 Å². The summed E-state index contributed by atoms with van der Waals surface area (Å²) in [7, 11) is 0. The maximum atomic E-state index is 12.7. The molecule has 1 aromatic carbocycles. The number of carbonyl (C=O) groups excluding carboxylic acids is 1. The van der Waals surface area contributed by atoms with Gasteiger partial charge < -0.3 is 9.64 Å². The lowest BCUT2D eigenvalue weighted by Crippen LogP contribution is -2.50. The van der Waals surface area contributed by atoms with Gasteiger partial charge in [0.25, 0.3) is 5.91 Å². The number of likely N-dealkylation sites (tertiary alicyclic amines) is 1. The molecule has 0 aliphatic carbocycles. The third-order valence-electron chi connectivity index (χ3n) is 4.62. The Morgan fingerprint density at radius 2 is 1.86 bits per heavy atom. The molecule has 0 spiro atoms. The monoisotopic (exact) mass is 302 g/mol. The molecule has 2 fully saturated rings. The number of hydrogen-bond acceptors (Lipinski definition) is 3. The van der Waals surface area contributed by atoms with Crippen LogP contribution in [0.2, 0.25) is 0 Å². The Hall–Kier alpha value is -1.39. The Morgan fingerprint density at radius 1 is 1.18 bits per heavy atom. The predicted octanol–water partition coefficient (Wildman–Crippen LogP) is 2.40. The van der Waals surface area contributed by atoms with Crippen molar-refractivity contribution in [3.05, 3.63) is 35.9 Å². The van der Waals surface area contributed by atoms with Gasteiger partial charge in [0.2, 0.25) is 0 Å². The van der Waals surface area contributed by atoms with E-state index in [4.69, 9.17) is 4.74 Å². The van der Waals surface area contributed by atoms with Crippen molar-refractivity contribution in [1.82, 2.24) is 9.80 Å². The highest BCUT2D eigenvalue weighted by Crippen LogP contribution is 2.22. The number of benzene rings is 1. The Labute approximate surface area is 133 Å². The van der Waals surface area contributed by atoms with Crippen molar-refractivity contribution in [2.75, 3.05) is 26.2 Å². The quantitative estimate of drug-likeness (QED) is 0.859. The summed E-state index contributed by atoms with van der Waals surface area (Å²) in [5.74, 6) is 0.178. The van der Waals surface area contributed by atoms with Crippen molar-refractivity contribution in [2.45, 2.75) is 44.9 Å². The van der Waals surface area contributed by atoms with Gasteiger partial charge in [-0.1, -0.05) is 18.2 Å². The number of rotatable bonds is 3. The van der Waals surface area contributed by atoms with E-state index in [1.165, 1.54) is 0 Å². The summed E-state index contributed by atoms with van der Waals surface area (Å²) >= 11 is 0. The standard InChI is InChI=1S/C18H26N2O2/c1-14-11-19(12-15(2)22-14)13-17-9-6-10-20(17)18(21)16-7-4-3-5-8-16/h3-5,7-8,14-15,17H,6,9-13H2,1-2H3/t14-,15+,17-/m1/s1. The average Bonchev–Trinajstić information content (AvgIpc) is 2.94. The first-order valence-corrected chi connectivity index (χ1v) is 8.37. The number of morpholine rings is 1. The fourth-order valence-corrected chi connectivity index (χ4v) is 3.77. The minimum Gasteiger partial charge on any atom is -0.373 e. The molecule has 1 aromatic rings. The third-order valence-corrected chi connectivity index (χ3v) is 4.62. The number of nitrogens with zero attached hydrogens (tertiary/aromatic N) is 2. The summed E-state index contributed by atoms with van der Waals surface area (Å²) in [6, 6.07) is 9.99. The fraction of sp³-hybridized carbons (Fsp3) is 0.611. The van der Waals surface area contributed by atoms with E-state index in [1.807, 2.05) is 30.3 Å². The van der Waals surface area contributed by atoms with E-state index in [1.54, 1.807) is 0 Å². The fourth-order valence-electron chi connectivity index (χ4n) is 3.77. The zero-order valence-corrected chi connectivity index (χ0v) is 13.6. The Kier molecular flexibility index (Phi) is 4.79. The van der Waals surface area contributed by atoms with Crippen molar-refractivity contribution in [3.63, 3.8) is 0 Å². The molecule has 2 aliphatic rings. The van der Waals surface area contributed by atoms with Gasteiger partial charge in [-0.25, -0.2) is 0 Å². The molecule has 3 rings (SSSR count). The van der Waals surface area contributed by atoms with E-state index in [9.17, 15) is 4.79 Å². The van der Waals surface area contributed by atoms with Crippen LogP contribution in [0.5, 0.6) is 0 Å². The lowest BCUT2D eigenvalue weighted by Gasteiger charge is -2.38. The Balaban J connectivity index is 1.64. The lowest BCUT2D eigenvalue weighted by atomic mass is 10.1. The second-order valence-corrected chi connectivity index (χ2v) is 6.64. The maximum absolute atomic E-state index is 12.7. The van der Waals surface area contributed by atoms with Crippen LogP contribution in [0.25, 0.3) is 0 Å². The zero-order valence-electron chi connectivity index (χ0n) is 13.6. The molecule has 4 heteroatoms. The molecule has 0 aromatic heterocycles. The molecule has 0 saturated carbocycles. The first kappa shape index (κ1) is 15.5. The molecule has 2 saturated heterocycles. The van der Waals surface area contributed by atoms with Gasteiger partial charge in [0.1, 0.15) is 0 Å². The molecule has 1 amide bonds. The van der Waals surface area contributed by atoms with Crippen molar-refractivity contribution in [2.24, 2.45) is 0 Å². The molecular weight excluding hydrogens is 276 g/mol. The summed E-state index contributed by atoms with van der Waals surface area (Å²) in [5, 5.41) is 0. The van der Waals surface area contributed by atoms with Crippen LogP contribution in [0, 0.1) is 0 Å². The molecule has 3 atom stereocenters. The second-order valence-electron chi connectivity index (χ2n) is 6.64. The Morgan fingerprint density at radius 3 is 2.55 bits per heavy atom. The van der Waals surface area contributed by atoms with Crippen LogP contribution in [-0.4, -0.2) is 60.1 Å². The van der Waals surface area contributed by atoms with Gasteiger partial charge in [0, 0.05) is 37.8 Å². The van der Waals surface area contributed by atoms with Crippen LogP contribution in [0.4, 0.5) is 0 Å². The van der Waals surface area contributed by atoms with Crippen LogP contribution in [0.3, 0.4) is 0 Å². The maximum Gasteiger partial charge on any atom is 0.254 e. The molecule has 2 heterocycles. The van der Waals surface area contributed by atoms with E-state index in [0.717, 1.165) is 44.6 Å². The molecule has 4 nitrogen and oxygen atoms in total. The summed E-state index contributed by atoms with van der Waals surface area (Å²) in [5.41, 5.74) is 0.804. The molecule has 0 radical (unpaired) electrons. The van der Waals surface area contributed by atoms with Crippen molar-refractivity contribution < 1.29 is 9.53 Å². The summed E-state index contributed by atoms with van der Waals surface area (Å²) in [4.78, 5) is 17.2. The summed E-state index contributed by atoms with van der Waals surface area (Å²) in [6.45, 7) is 8.04. The molecule has 0 N–H and O–H groups in total. The SMILES string of the molecule is C[C@@H]1CN(C[C@H]2CCCN2C(=O)c2ccccc2)C[C@H](C)O1. The van der Waals surface area contributed by atoms with Gasteiger partial charge >= 0.3 is 0 Å². The molecule has 120 valence electrons. The minimum absolute atomic E-state index is 0.178. The highest BCUT2D eigenvalue weighted by molar-refractivity contribution is 5.94. The van der Waals surface area contributed by atoms with Crippen LogP contribution in [0.15, 0.2) is 30.3 Å². The zero-order chi connectivity index (χ0) is 15.5. The van der Waals surface area contributed by atoms with Crippen LogP contribution >= 0.6 is 0 Å². The number of hydrogen-bond donors (Lipinski definition) is 0. The minimum atomic E-state index is 0.178. The molecule has 2 aliphatic heterocycles. The van der Waals surface area contributed by atoms with Gasteiger partial charge in [-0.15, -0.1) is 0 Å². The van der Waals surface area contributed by atoms with E-state index in [0.29, 0.717) is 6.04 Å². The van der Waals surface area contributed by atoms with Gasteiger partial charge in [-0.2, -0.15) is 0 Å². The van der Waals surface area contributed by atoms with E-state index in [2.05, 4.69) is 23.6 Å². The highest BCUT2D eigenvalue weighted by atomic mass is 16.5. The largest absolute Gasteiger partial charge is 0.373 e. The molecule has 22 heavy (non-hydrogen) atoms. The Bertz CT molecular complexity index is 495. The first-order chi connectivity index (χ1) is 10.6. The summed E-state index contributed by atoms with van der Waals surface area (Å²) in [6.07, 6.45) is 2.78. The van der Waals surface area contributed by atoms with Gasteiger partial charge in [-0.3, -0.25) is 9.69 Å². The molecule has 0 unspecified atom stereocenters. The average molecular weight is 302 g/mol. The number of carbonyl (C=O) groups is 1. The van der Waals surface area contributed by atoms with Crippen LogP contribution < -0.4 is 0 Å². The lowest BCUT2D eigenvalue weighted by molar-refractivity contribution is -0.0715. The van der Waals surface area contributed by atoms with Gasteiger partial charge in [0.05, 0.1) is 12.2 Å². The second kappa shape index (κ2) is 6.80. The number of amides is 1. The molecular formula is C18H26N2O2. The highest BCUT2D eigenvalue weighted by Gasteiger charge is 2.32. The smallest absolute Gasteiger partial charge is 0.254 e. The van der Waals surface area contributed by atoms with Crippen molar-refractivity contribution in [3.8, 4) is 0 Å². The van der Waals surface area contributed by atoms with Gasteiger partial charge in [0.15, 0.2) is 0 Å². The van der Waals surface area contributed by atoms with E-state index < -0.39 is 0 Å². The van der Waals surface area contributed by atoms with Crippen molar-refractivity contribution >= 4 is 5.91 Å². The van der Waals surface area contributed by atoms with Crippen LogP contribution in [-0.2, 0) is 4.74 Å².